The summed E-state index contributed by atoms with van der Waals surface area (Å²) in [6.45, 7) is 3.90. The van der Waals surface area contributed by atoms with Crippen molar-refractivity contribution in [3.63, 3.8) is 0 Å². The van der Waals surface area contributed by atoms with Crippen LogP contribution in [0.3, 0.4) is 0 Å². The molecule has 0 radical (unpaired) electrons. The van der Waals surface area contributed by atoms with E-state index in [0.717, 1.165) is 17.1 Å². The Bertz CT molecular complexity index is 553. The number of aromatic nitrogens is 1. The zero-order valence-corrected chi connectivity index (χ0v) is 13.0. The van der Waals surface area contributed by atoms with Crippen molar-refractivity contribution < 1.29 is 14.7 Å². The fraction of sp³-hybridized carbons (Fsp3) is 0.533. The van der Waals surface area contributed by atoms with Crippen LogP contribution in [-0.4, -0.2) is 22.0 Å². The van der Waals surface area contributed by atoms with Gasteiger partial charge >= 0.3 is 5.97 Å². The molecule has 0 bridgehead atoms. The van der Waals surface area contributed by atoms with Crippen molar-refractivity contribution in [3.8, 4) is 0 Å². The molecule has 0 saturated heterocycles. The lowest BCUT2D eigenvalue weighted by molar-refractivity contribution is -0.147. The van der Waals surface area contributed by atoms with Gasteiger partial charge in [0.1, 0.15) is 5.01 Å². The molecule has 0 fully saturated rings. The van der Waals surface area contributed by atoms with Crippen LogP contribution < -0.4 is 5.32 Å². The van der Waals surface area contributed by atoms with Crippen LogP contribution in [0.25, 0.3) is 0 Å². The first-order chi connectivity index (χ1) is 10.0. The normalized spacial score (nSPS) is 22.8. The van der Waals surface area contributed by atoms with E-state index in [9.17, 15) is 14.7 Å². The van der Waals surface area contributed by atoms with Gasteiger partial charge in [-0.3, -0.25) is 9.59 Å². The van der Waals surface area contributed by atoms with E-state index in [0.29, 0.717) is 12.8 Å². The van der Waals surface area contributed by atoms with E-state index < -0.39 is 17.8 Å². The van der Waals surface area contributed by atoms with Crippen LogP contribution >= 0.6 is 11.3 Å². The smallest absolute Gasteiger partial charge is 0.307 e. The Morgan fingerprint density at radius 1 is 1.43 bits per heavy atom. The van der Waals surface area contributed by atoms with Crippen molar-refractivity contribution >= 4 is 23.2 Å². The summed E-state index contributed by atoms with van der Waals surface area (Å²) in [6, 6.07) is -0.142. The van der Waals surface area contributed by atoms with Gasteiger partial charge in [0.25, 0.3) is 0 Å². The summed E-state index contributed by atoms with van der Waals surface area (Å²) >= 11 is 1.52. The minimum Gasteiger partial charge on any atom is -0.481 e. The van der Waals surface area contributed by atoms with Gasteiger partial charge in [0.15, 0.2) is 0 Å². The van der Waals surface area contributed by atoms with E-state index in [4.69, 9.17) is 0 Å². The molecule has 21 heavy (non-hydrogen) atoms. The van der Waals surface area contributed by atoms with Gasteiger partial charge in [-0.25, -0.2) is 4.98 Å². The molecule has 6 heteroatoms. The molecule has 2 rings (SSSR count). The molecular formula is C15H20N2O3S. The van der Waals surface area contributed by atoms with Crippen LogP contribution in [0.1, 0.15) is 42.9 Å². The first-order valence-electron chi connectivity index (χ1n) is 7.13. The molecule has 1 unspecified atom stereocenters. The number of carbonyl (C=O) groups is 2. The SMILES string of the molecule is CCC(NC(=O)[C@@H]1CC=CC[C@@H]1C(=O)O)c1nc(C)cs1. The third-order valence-corrected chi connectivity index (χ3v) is 4.82. The first-order valence-corrected chi connectivity index (χ1v) is 8.01. The maximum absolute atomic E-state index is 12.4. The van der Waals surface area contributed by atoms with Crippen molar-refractivity contribution in [1.29, 1.82) is 0 Å². The predicted octanol–water partition coefficient (Wildman–Crippen LogP) is 2.69. The lowest BCUT2D eigenvalue weighted by atomic mass is 9.82. The largest absolute Gasteiger partial charge is 0.481 e. The van der Waals surface area contributed by atoms with Crippen LogP contribution in [0.5, 0.6) is 0 Å². The molecule has 0 spiro atoms. The second-order valence-corrected chi connectivity index (χ2v) is 6.18. The second kappa shape index (κ2) is 6.85. The molecule has 0 aromatic carbocycles. The van der Waals surface area contributed by atoms with Gasteiger partial charge in [0, 0.05) is 11.1 Å². The molecule has 2 N–H and O–H groups in total. The fourth-order valence-corrected chi connectivity index (χ4v) is 3.46. The Labute approximate surface area is 128 Å². The van der Waals surface area contributed by atoms with Crippen LogP contribution in [0.15, 0.2) is 17.5 Å². The summed E-state index contributed by atoms with van der Waals surface area (Å²) in [5.74, 6) is -2.22. The van der Waals surface area contributed by atoms with Crippen molar-refractivity contribution in [2.45, 2.75) is 39.2 Å². The zero-order valence-electron chi connectivity index (χ0n) is 12.2. The quantitative estimate of drug-likeness (QED) is 0.820. The van der Waals surface area contributed by atoms with Gasteiger partial charge in [-0.15, -0.1) is 11.3 Å². The Balaban J connectivity index is 2.08. The minimum atomic E-state index is -0.905. The van der Waals surface area contributed by atoms with Crippen LogP contribution in [0, 0.1) is 18.8 Å². The predicted molar refractivity (Wildman–Crippen MR) is 81.0 cm³/mol. The molecule has 114 valence electrons. The van der Waals surface area contributed by atoms with E-state index >= 15 is 0 Å². The number of thiazole rings is 1. The van der Waals surface area contributed by atoms with E-state index in [2.05, 4.69) is 10.3 Å². The van der Waals surface area contributed by atoms with Crippen LogP contribution in [0.4, 0.5) is 0 Å². The molecule has 1 heterocycles. The molecule has 1 aromatic rings. The number of allylic oxidation sites excluding steroid dienone is 2. The van der Waals surface area contributed by atoms with Crippen LogP contribution in [-0.2, 0) is 9.59 Å². The highest BCUT2D eigenvalue weighted by Crippen LogP contribution is 2.28. The van der Waals surface area contributed by atoms with Gasteiger partial charge < -0.3 is 10.4 Å². The highest BCUT2D eigenvalue weighted by Gasteiger charge is 2.34. The summed E-state index contributed by atoms with van der Waals surface area (Å²) in [7, 11) is 0. The molecule has 1 aliphatic rings. The molecule has 0 saturated carbocycles. The van der Waals surface area contributed by atoms with Gasteiger partial charge in [-0.05, 0) is 26.2 Å². The number of rotatable bonds is 5. The van der Waals surface area contributed by atoms with E-state index in [1.807, 2.05) is 31.4 Å². The Morgan fingerprint density at radius 2 is 2.10 bits per heavy atom. The number of carboxylic acids is 1. The number of hydrogen-bond acceptors (Lipinski definition) is 4. The first kappa shape index (κ1) is 15.7. The van der Waals surface area contributed by atoms with Gasteiger partial charge in [0.05, 0.1) is 17.9 Å². The highest BCUT2D eigenvalue weighted by molar-refractivity contribution is 7.09. The standard InChI is InChI=1S/C15H20N2O3S/c1-3-12(14-16-9(2)8-21-14)17-13(18)10-6-4-5-7-11(10)15(19)20/h4-5,8,10-12H,3,6-7H2,1-2H3,(H,17,18)(H,19,20)/t10-,11+,12?/m1/s1. The molecule has 0 aliphatic heterocycles. The van der Waals surface area contributed by atoms with Crippen molar-refractivity contribution in [1.82, 2.24) is 10.3 Å². The molecule has 1 amide bonds. The summed E-state index contributed by atoms with van der Waals surface area (Å²) in [6.07, 6.45) is 5.36. The maximum atomic E-state index is 12.4. The molecule has 1 aromatic heterocycles. The molecule has 3 atom stereocenters. The van der Waals surface area contributed by atoms with Gasteiger partial charge in [-0.1, -0.05) is 19.1 Å². The second-order valence-electron chi connectivity index (χ2n) is 5.29. The van der Waals surface area contributed by atoms with Gasteiger partial charge in [0.2, 0.25) is 5.91 Å². The maximum Gasteiger partial charge on any atom is 0.307 e. The third kappa shape index (κ3) is 3.69. The number of carboxylic acid groups (broad SMARTS) is 1. The van der Waals surface area contributed by atoms with Crippen LogP contribution in [0.2, 0.25) is 0 Å². The van der Waals surface area contributed by atoms with E-state index in [1.165, 1.54) is 11.3 Å². The topological polar surface area (TPSA) is 79.3 Å². The highest BCUT2D eigenvalue weighted by atomic mass is 32.1. The number of aliphatic carboxylic acids is 1. The van der Waals surface area contributed by atoms with Crippen molar-refractivity contribution in [2.75, 3.05) is 0 Å². The Morgan fingerprint density at radius 3 is 2.62 bits per heavy atom. The average molecular weight is 308 g/mol. The third-order valence-electron chi connectivity index (χ3n) is 3.75. The number of nitrogens with zero attached hydrogens (tertiary/aromatic N) is 1. The number of carbonyl (C=O) groups excluding carboxylic acids is 1. The zero-order chi connectivity index (χ0) is 15.4. The Hall–Kier alpha value is -1.69. The Kier molecular flexibility index (Phi) is 5.12. The summed E-state index contributed by atoms with van der Waals surface area (Å²) in [5.41, 5.74) is 0.937. The lowest BCUT2D eigenvalue weighted by Gasteiger charge is -2.26. The van der Waals surface area contributed by atoms with E-state index in [-0.39, 0.29) is 11.9 Å². The summed E-state index contributed by atoms with van der Waals surface area (Å²) < 4.78 is 0. The van der Waals surface area contributed by atoms with Crippen molar-refractivity contribution in [3.05, 3.63) is 28.2 Å². The number of nitrogens with one attached hydrogen (secondary N) is 1. The van der Waals surface area contributed by atoms with Gasteiger partial charge in [-0.2, -0.15) is 0 Å². The summed E-state index contributed by atoms with van der Waals surface area (Å²) in [5, 5.41) is 15.0. The average Bonchev–Trinajstić information content (AvgIpc) is 2.90. The lowest BCUT2D eigenvalue weighted by Crippen LogP contribution is -2.40. The molecule has 1 aliphatic carbocycles. The molecule has 5 nitrogen and oxygen atoms in total. The fourth-order valence-electron chi connectivity index (χ4n) is 2.53. The van der Waals surface area contributed by atoms with E-state index in [1.54, 1.807) is 0 Å². The number of amides is 1. The monoisotopic (exact) mass is 308 g/mol. The van der Waals surface area contributed by atoms with Crippen molar-refractivity contribution in [2.24, 2.45) is 11.8 Å². The number of hydrogen-bond donors (Lipinski definition) is 2. The number of aryl methyl sites for hydroxylation is 1. The minimum absolute atomic E-state index is 0.142. The molecular weight excluding hydrogens is 288 g/mol. The summed E-state index contributed by atoms with van der Waals surface area (Å²) in [4.78, 5) is 28.1.